The van der Waals surface area contributed by atoms with Crippen molar-refractivity contribution >= 4 is 17.6 Å². The zero-order valence-corrected chi connectivity index (χ0v) is 16.0. The van der Waals surface area contributed by atoms with Crippen LogP contribution in [0.15, 0.2) is 48.8 Å². The highest BCUT2D eigenvalue weighted by molar-refractivity contribution is 5.97. The van der Waals surface area contributed by atoms with Gasteiger partial charge in [0, 0.05) is 11.8 Å². The Bertz CT molecular complexity index is 989. The lowest BCUT2D eigenvalue weighted by Gasteiger charge is -2.15. The lowest BCUT2D eigenvalue weighted by atomic mass is 10.2. The van der Waals surface area contributed by atoms with Crippen LogP contribution in [0, 0.1) is 0 Å². The summed E-state index contributed by atoms with van der Waals surface area (Å²) in [5.74, 6) is -0.0909. The van der Waals surface area contributed by atoms with E-state index in [4.69, 9.17) is 14.2 Å². The van der Waals surface area contributed by atoms with Crippen LogP contribution in [-0.4, -0.2) is 52.4 Å². The van der Waals surface area contributed by atoms with Crippen molar-refractivity contribution in [3.63, 3.8) is 0 Å². The highest BCUT2D eigenvalue weighted by Gasteiger charge is 2.19. The van der Waals surface area contributed by atoms with Crippen LogP contribution in [0.25, 0.3) is 5.69 Å². The highest BCUT2D eigenvalue weighted by atomic mass is 16.5. The minimum Gasteiger partial charge on any atom is -0.493 e. The predicted molar refractivity (Wildman–Crippen MR) is 102 cm³/mol. The average Bonchev–Trinajstić information content (AvgIpc) is 3.28. The Balaban J connectivity index is 1.61. The predicted octanol–water partition coefficient (Wildman–Crippen LogP) is 1.86. The van der Waals surface area contributed by atoms with Gasteiger partial charge in [-0.25, -0.2) is 9.48 Å². The Labute approximate surface area is 166 Å². The van der Waals surface area contributed by atoms with Gasteiger partial charge in [0.25, 0.3) is 5.91 Å². The third-order valence-corrected chi connectivity index (χ3v) is 4.02. The fourth-order valence-electron chi connectivity index (χ4n) is 2.47. The maximum Gasteiger partial charge on any atom is 0.338 e. The maximum atomic E-state index is 12.4. The second-order valence-electron chi connectivity index (χ2n) is 5.91. The Kier molecular flexibility index (Phi) is 6.03. The number of aromatic nitrogens is 4. The minimum absolute atomic E-state index is 0.299. The van der Waals surface area contributed by atoms with E-state index < -0.39 is 18.0 Å². The number of carbonyl (C=O) groups is 2. The molecule has 2 aromatic carbocycles. The summed E-state index contributed by atoms with van der Waals surface area (Å²) in [6.45, 7) is 1.49. The number of carbonyl (C=O) groups excluding carboxylic acids is 2. The minimum atomic E-state index is -1.00. The maximum absolute atomic E-state index is 12.4. The normalized spacial score (nSPS) is 11.4. The fourth-order valence-corrected chi connectivity index (χ4v) is 2.47. The molecule has 1 atom stereocenters. The van der Waals surface area contributed by atoms with E-state index in [1.54, 1.807) is 42.5 Å². The molecule has 0 aliphatic heterocycles. The van der Waals surface area contributed by atoms with Crippen LogP contribution in [0.5, 0.6) is 11.5 Å². The number of hydrogen-bond acceptors (Lipinski definition) is 8. The average molecular weight is 397 g/mol. The van der Waals surface area contributed by atoms with Gasteiger partial charge in [-0.15, -0.1) is 5.10 Å². The molecule has 1 N–H and O–H groups in total. The molecule has 1 heterocycles. The number of tetrazole rings is 1. The molecule has 1 aromatic heterocycles. The number of hydrogen-bond donors (Lipinski definition) is 1. The molecule has 0 aliphatic carbocycles. The monoisotopic (exact) mass is 397 g/mol. The molecular weight excluding hydrogens is 378 g/mol. The molecule has 0 unspecified atom stereocenters. The number of amides is 1. The van der Waals surface area contributed by atoms with Gasteiger partial charge in [-0.05, 0) is 53.7 Å². The van der Waals surface area contributed by atoms with Crippen LogP contribution >= 0.6 is 0 Å². The molecule has 3 aromatic rings. The Morgan fingerprint density at radius 2 is 1.76 bits per heavy atom. The van der Waals surface area contributed by atoms with Crippen LogP contribution in [-0.2, 0) is 9.53 Å². The lowest BCUT2D eigenvalue weighted by Crippen LogP contribution is -2.30. The van der Waals surface area contributed by atoms with Crippen LogP contribution in [0.4, 0.5) is 5.69 Å². The van der Waals surface area contributed by atoms with E-state index in [0.717, 1.165) is 0 Å². The molecule has 0 fully saturated rings. The van der Waals surface area contributed by atoms with Gasteiger partial charge in [0.1, 0.15) is 6.33 Å². The molecule has 0 radical (unpaired) electrons. The van der Waals surface area contributed by atoms with Crippen molar-refractivity contribution < 1.29 is 23.8 Å². The molecule has 0 saturated heterocycles. The SMILES string of the molecule is COc1ccc(NC(=O)[C@H](C)OC(=O)c2ccc(-n3cnnn3)cc2)cc1OC. The van der Waals surface area contributed by atoms with Gasteiger partial charge in [0.15, 0.2) is 17.6 Å². The van der Waals surface area contributed by atoms with Crippen LogP contribution < -0.4 is 14.8 Å². The van der Waals surface area contributed by atoms with Crippen molar-refractivity contribution in [3.05, 3.63) is 54.4 Å². The summed E-state index contributed by atoms with van der Waals surface area (Å²) in [5.41, 5.74) is 1.47. The molecule has 0 saturated carbocycles. The van der Waals surface area contributed by atoms with Gasteiger partial charge >= 0.3 is 5.97 Å². The van der Waals surface area contributed by atoms with Crippen LogP contribution in [0.3, 0.4) is 0 Å². The van der Waals surface area contributed by atoms with Crippen LogP contribution in [0.1, 0.15) is 17.3 Å². The summed E-state index contributed by atoms with van der Waals surface area (Å²) in [5, 5.41) is 13.5. The number of rotatable bonds is 7. The van der Waals surface area contributed by atoms with Gasteiger partial charge in [-0.3, -0.25) is 4.79 Å². The third-order valence-electron chi connectivity index (χ3n) is 4.02. The first-order valence-corrected chi connectivity index (χ1v) is 8.59. The molecule has 1 amide bonds. The first-order valence-electron chi connectivity index (χ1n) is 8.59. The van der Waals surface area contributed by atoms with E-state index in [1.165, 1.54) is 32.2 Å². The smallest absolute Gasteiger partial charge is 0.338 e. The molecule has 3 rings (SSSR count). The highest BCUT2D eigenvalue weighted by Crippen LogP contribution is 2.29. The van der Waals surface area contributed by atoms with E-state index >= 15 is 0 Å². The third kappa shape index (κ3) is 4.67. The molecule has 0 bridgehead atoms. The molecule has 29 heavy (non-hydrogen) atoms. The van der Waals surface area contributed by atoms with E-state index in [2.05, 4.69) is 20.8 Å². The summed E-state index contributed by atoms with van der Waals surface area (Å²) in [6.07, 6.45) is 0.434. The summed E-state index contributed by atoms with van der Waals surface area (Å²) in [6, 6.07) is 11.4. The standard InChI is InChI=1S/C19H19N5O5/c1-12(18(25)21-14-6-9-16(27-2)17(10-14)28-3)29-19(26)13-4-7-15(8-5-13)24-11-20-22-23-24/h4-12H,1-3H3,(H,21,25)/t12-/m0/s1. The van der Waals surface area contributed by atoms with Gasteiger partial charge in [0.2, 0.25) is 0 Å². The van der Waals surface area contributed by atoms with Gasteiger partial charge in [-0.1, -0.05) is 0 Å². The Morgan fingerprint density at radius 1 is 1.03 bits per heavy atom. The van der Waals surface area contributed by atoms with Crippen molar-refractivity contribution in [2.45, 2.75) is 13.0 Å². The van der Waals surface area contributed by atoms with Crippen molar-refractivity contribution in [1.29, 1.82) is 0 Å². The zero-order chi connectivity index (χ0) is 20.8. The number of nitrogens with one attached hydrogen (secondary N) is 1. The van der Waals surface area contributed by atoms with Crippen molar-refractivity contribution in [2.75, 3.05) is 19.5 Å². The number of anilines is 1. The molecule has 0 spiro atoms. The lowest BCUT2D eigenvalue weighted by molar-refractivity contribution is -0.123. The van der Waals surface area contributed by atoms with Crippen molar-refractivity contribution in [3.8, 4) is 17.2 Å². The van der Waals surface area contributed by atoms with Gasteiger partial charge < -0.3 is 19.5 Å². The summed E-state index contributed by atoms with van der Waals surface area (Å²) < 4.78 is 17.1. The molecule has 10 heteroatoms. The summed E-state index contributed by atoms with van der Waals surface area (Å²) in [7, 11) is 3.02. The number of benzene rings is 2. The number of nitrogens with zero attached hydrogens (tertiary/aromatic N) is 4. The van der Waals surface area contributed by atoms with Crippen molar-refractivity contribution in [2.24, 2.45) is 0 Å². The molecule has 150 valence electrons. The Hall–Kier alpha value is -3.95. The van der Waals surface area contributed by atoms with E-state index in [1.807, 2.05) is 0 Å². The summed E-state index contributed by atoms with van der Waals surface area (Å²) in [4.78, 5) is 24.7. The Morgan fingerprint density at radius 3 is 2.38 bits per heavy atom. The second-order valence-corrected chi connectivity index (χ2v) is 5.91. The quantitative estimate of drug-likeness (QED) is 0.601. The fraction of sp³-hybridized carbons (Fsp3) is 0.211. The van der Waals surface area contributed by atoms with Gasteiger partial charge in [0.05, 0.1) is 25.5 Å². The van der Waals surface area contributed by atoms with E-state index in [9.17, 15) is 9.59 Å². The topological polar surface area (TPSA) is 117 Å². The van der Waals surface area contributed by atoms with Crippen molar-refractivity contribution in [1.82, 2.24) is 20.2 Å². The molecular formula is C19H19N5O5. The van der Waals surface area contributed by atoms with Crippen LogP contribution in [0.2, 0.25) is 0 Å². The number of ether oxygens (including phenoxy) is 3. The number of methoxy groups -OCH3 is 2. The first-order chi connectivity index (χ1) is 14.0. The second kappa shape index (κ2) is 8.83. The largest absolute Gasteiger partial charge is 0.493 e. The first kappa shape index (κ1) is 19.8. The van der Waals surface area contributed by atoms with E-state index in [0.29, 0.717) is 28.4 Å². The molecule has 10 nitrogen and oxygen atoms in total. The van der Waals surface area contributed by atoms with Gasteiger partial charge in [-0.2, -0.15) is 0 Å². The number of esters is 1. The summed E-state index contributed by atoms with van der Waals surface area (Å²) >= 11 is 0. The molecule has 0 aliphatic rings. The zero-order valence-electron chi connectivity index (χ0n) is 16.0. The van der Waals surface area contributed by atoms with E-state index in [-0.39, 0.29) is 0 Å².